The van der Waals surface area contributed by atoms with Crippen molar-refractivity contribution in [3.05, 3.63) is 413 Å². The molecule has 12 rings (SSSR count). The van der Waals surface area contributed by atoms with Crippen molar-refractivity contribution in [2.75, 3.05) is 19.8 Å². The molecule has 0 bridgehead atoms. The molecular weight excluding hydrogens is 1650 g/mol. The van der Waals surface area contributed by atoms with E-state index in [2.05, 4.69) is 66.0 Å². The fourth-order valence-corrected chi connectivity index (χ4v) is 14.2. The zero-order valence-electron chi connectivity index (χ0n) is 65.6. The van der Waals surface area contributed by atoms with Crippen LogP contribution in [0.3, 0.4) is 0 Å². The summed E-state index contributed by atoms with van der Waals surface area (Å²) in [6.45, 7) is 12.0. The van der Waals surface area contributed by atoms with E-state index in [0.717, 1.165) is 96.3 Å². The summed E-state index contributed by atoms with van der Waals surface area (Å²) in [7, 11) is 0. The number of nitrogens with two attached hydrogens (primary N) is 4. The number of carbonyl (C=O) groups excluding carboxylic acids is 3. The number of phenols is 1. The predicted octanol–water partition coefficient (Wildman–Crippen LogP) is 16.9. The Kier molecular flexibility index (Phi) is 34.9. The van der Waals surface area contributed by atoms with E-state index >= 15 is 0 Å². The molecule has 0 aromatic heterocycles. The van der Waals surface area contributed by atoms with Gasteiger partial charge in [-0.2, -0.15) is 0 Å². The van der Waals surface area contributed by atoms with Crippen molar-refractivity contribution < 1.29 is 78.9 Å². The van der Waals surface area contributed by atoms with Crippen molar-refractivity contribution in [2.45, 2.75) is 82.6 Å². The maximum Gasteiger partial charge on any atom is 0.251 e. The quantitative estimate of drug-likeness (QED) is 0.0180. The smallest absolute Gasteiger partial charge is 0.251 e. The average molecular weight is 1760 g/mol. The topological polar surface area (TPSA) is 296 Å². The van der Waals surface area contributed by atoms with Crippen molar-refractivity contribution >= 4 is 34.8 Å². The molecule has 0 aliphatic heterocycles. The van der Waals surface area contributed by atoms with Crippen molar-refractivity contribution in [1.82, 2.24) is 16.0 Å². The van der Waals surface area contributed by atoms with Gasteiger partial charge in [-0.25, -0.2) is 0 Å². The number of amides is 3. The van der Waals surface area contributed by atoms with Crippen LogP contribution in [0.4, 0.5) is 0 Å². The Morgan fingerprint density at radius 2 is 0.629 bits per heavy atom. The average Bonchev–Trinajstić information content (AvgIpc) is 0.838. The number of aromatic hydroxyl groups is 1. The maximum absolute atomic E-state index is 13.4. The second-order valence-corrected chi connectivity index (χ2v) is 29.2. The van der Waals surface area contributed by atoms with E-state index in [-0.39, 0.29) is 130 Å². The van der Waals surface area contributed by atoms with Gasteiger partial charge in [-0.15, -0.1) is 6.54 Å². The van der Waals surface area contributed by atoms with Crippen LogP contribution in [0.1, 0.15) is 105 Å². The van der Waals surface area contributed by atoms with Gasteiger partial charge in [0.1, 0.15) is 5.75 Å². The summed E-state index contributed by atoms with van der Waals surface area (Å²) in [5, 5.41) is 50.6. The Balaban J connectivity index is 0.000000198. The Hall–Kier alpha value is -11.3. The van der Waals surface area contributed by atoms with Gasteiger partial charge in [0.2, 0.25) is 0 Å². The van der Waals surface area contributed by atoms with Gasteiger partial charge in [0, 0.05) is 140 Å². The van der Waals surface area contributed by atoms with E-state index < -0.39 is 0 Å². The second-order valence-electron chi connectivity index (χ2n) is 29.2. The molecule has 591 valence electrons. The van der Waals surface area contributed by atoms with E-state index in [4.69, 9.17) is 28.7 Å². The summed E-state index contributed by atoms with van der Waals surface area (Å²) in [5.41, 5.74) is 51.2. The molecule has 15 nitrogen and oxygen atoms in total. The summed E-state index contributed by atoms with van der Waals surface area (Å²) in [6.07, 6.45) is 5.35. The molecular formula is C100H105AcN8O7-. The molecule has 6 unspecified atom stereocenters. The molecule has 0 heterocycles. The minimum Gasteiger partial charge on any atom is -0.674 e. The van der Waals surface area contributed by atoms with E-state index in [9.17, 15) is 34.8 Å². The van der Waals surface area contributed by atoms with Crippen molar-refractivity contribution in [1.29, 1.82) is 0 Å². The first-order valence-corrected chi connectivity index (χ1v) is 39.0. The molecule has 16 heteroatoms. The molecule has 16 N–H and O–H groups in total. The molecule has 6 atom stereocenters. The first kappa shape index (κ1) is 88.7. The number of hydrogen-bond donors (Lipinski definition) is 11. The molecule has 116 heavy (non-hydrogen) atoms. The summed E-state index contributed by atoms with van der Waals surface area (Å²) in [6, 6.07) is 98.6. The third kappa shape index (κ3) is 26.9. The fourth-order valence-electron chi connectivity index (χ4n) is 14.2. The summed E-state index contributed by atoms with van der Waals surface area (Å²) < 4.78 is 0. The second kappa shape index (κ2) is 45.7. The Morgan fingerprint density at radius 3 is 0.983 bits per heavy atom. The van der Waals surface area contributed by atoms with Crippen molar-refractivity contribution in [3.63, 3.8) is 0 Å². The van der Waals surface area contributed by atoms with Gasteiger partial charge in [-0.05, 0) is 213 Å². The predicted molar refractivity (Wildman–Crippen MR) is 468 cm³/mol. The number of carbonyl (C=O) groups is 3. The van der Waals surface area contributed by atoms with Crippen molar-refractivity contribution in [3.8, 4) is 39.1 Å². The summed E-state index contributed by atoms with van der Waals surface area (Å²) in [5.74, 6) is -0.877. The molecule has 0 saturated heterocycles. The molecule has 12 aromatic rings. The Morgan fingerprint density at radius 1 is 0.319 bits per heavy atom. The molecule has 12 aromatic carbocycles. The van der Waals surface area contributed by atoms with Gasteiger partial charge in [0.25, 0.3) is 17.7 Å². The van der Waals surface area contributed by atoms with E-state index in [1.807, 2.05) is 249 Å². The van der Waals surface area contributed by atoms with E-state index in [1.54, 1.807) is 30.3 Å². The van der Waals surface area contributed by atoms with Crippen LogP contribution in [0.25, 0.3) is 56.2 Å². The monoisotopic (exact) mass is 1760 g/mol. The zero-order valence-corrected chi connectivity index (χ0v) is 70.4. The standard InChI is InChI=1S/C34H37N3O2.C34H36N3O2.C32H32N2O3.Ac/c1-24(36)30-11-5-9-26(19-30)20-32(23-38)33(18-13-25-7-3-2-4-8-25)37-34(39)29-16-14-28(15-17-29)31-12-6-10-27(21-31)22-35;1-24(36)31-9-5-8-27(20-31)21-32(23-38)33(19-12-25-6-3-2-4-7-25)37-34(39)30-17-15-29(16-18-30)28-13-10-26(22-35)11-14-28;1-22(33)27-10-5-9-24(17-27)18-29(21-35)31(19-23-7-3-2-4-8-23)34-32(37)26-15-13-25(14-16-26)28-11-6-12-30(36)20-28;/h2-12,14-17,19,21,32-33,38H,1,13,18,20,22-23,35-36H2,(H,37,39);2-11,13-18,20,32-33,35,38H,1,12,19,21-23,36H2,(H,37,39);2-17,20,29,31,35-36H,1,18-19,21,33H2,(H,34,37);/q;-1;;. The first-order valence-electron chi connectivity index (χ1n) is 39.0. The number of hydrogen-bond acceptors (Lipinski definition) is 11. The van der Waals surface area contributed by atoms with E-state index in [1.165, 1.54) is 11.1 Å². The Bertz CT molecular complexity index is 5130. The summed E-state index contributed by atoms with van der Waals surface area (Å²) in [4.78, 5) is 40.1. The van der Waals surface area contributed by atoms with Crippen LogP contribution >= 0.6 is 0 Å². The first-order chi connectivity index (χ1) is 55.8. The third-order valence-electron chi connectivity index (χ3n) is 20.8. The SMILES string of the molecule is C=C(N)c1cccc(CC(CO)C(CCc2ccccc2)NC(=O)c2ccc(-c3ccc(C[NH-])cc3)cc2)c1.C=C(N)c1cccc(CC(CO)C(CCc2ccccc2)NC(=O)c2ccc(-c3cccc(CN)c3)cc2)c1.C=C(N)c1cccc(CC(CO)C(Cc2ccccc2)NC(=O)c2ccc(-c3cccc(O)c3)cc2)c1.[Ac]. The van der Waals surface area contributed by atoms with Crippen LogP contribution in [0, 0.1) is 61.8 Å². The number of nitrogens with one attached hydrogen (secondary N) is 4. The molecule has 0 aliphatic rings. The van der Waals surface area contributed by atoms with Crippen LogP contribution < -0.4 is 38.9 Å². The number of benzene rings is 12. The number of aryl methyl sites for hydroxylation is 2. The summed E-state index contributed by atoms with van der Waals surface area (Å²) >= 11 is 0. The molecule has 0 saturated carbocycles. The van der Waals surface area contributed by atoms with E-state index in [0.29, 0.717) is 78.9 Å². The van der Waals surface area contributed by atoms with Crippen molar-refractivity contribution in [2.24, 2.45) is 40.7 Å². The van der Waals surface area contributed by atoms with Crippen LogP contribution in [-0.4, -0.2) is 76.1 Å². The molecule has 1 radical (unpaired) electrons. The molecule has 0 spiro atoms. The molecule has 0 fully saturated rings. The number of aliphatic hydroxyl groups is 3. The van der Waals surface area contributed by atoms with Crippen LogP contribution in [-0.2, 0) is 51.6 Å². The minimum atomic E-state index is -0.296. The van der Waals surface area contributed by atoms with Crippen LogP contribution in [0.2, 0.25) is 0 Å². The van der Waals surface area contributed by atoms with Gasteiger partial charge in [0.15, 0.2) is 0 Å². The van der Waals surface area contributed by atoms with Gasteiger partial charge in [-0.3, -0.25) is 14.4 Å². The van der Waals surface area contributed by atoms with Gasteiger partial charge in [-0.1, -0.05) is 262 Å². The van der Waals surface area contributed by atoms with Gasteiger partial charge < -0.3 is 65.0 Å². The fraction of sp³-hybridized carbons (Fsp3) is 0.190. The maximum atomic E-state index is 13.4. The van der Waals surface area contributed by atoms with Crippen LogP contribution in [0.5, 0.6) is 5.75 Å². The molecule has 0 aliphatic carbocycles. The normalized spacial score (nSPS) is 12.4. The largest absolute Gasteiger partial charge is 0.674 e. The molecule has 3 amide bonds. The van der Waals surface area contributed by atoms with Gasteiger partial charge >= 0.3 is 0 Å². The Labute approximate surface area is 718 Å². The van der Waals surface area contributed by atoms with Crippen LogP contribution in [0.15, 0.2) is 329 Å². The number of aliphatic hydroxyl groups excluding tert-OH is 3. The zero-order chi connectivity index (χ0) is 81.4. The third-order valence-corrected chi connectivity index (χ3v) is 20.8. The van der Waals surface area contributed by atoms with Gasteiger partial charge in [0.05, 0.1) is 0 Å². The minimum absolute atomic E-state index is 0. The number of phenolic OH excluding ortho intramolecular Hbond substituents is 1. The number of rotatable bonds is 34.